The Labute approximate surface area is 528 Å². The zero-order chi connectivity index (χ0) is 63.4. The molecule has 14 nitrogen and oxygen atoms in total. The van der Waals surface area contributed by atoms with Gasteiger partial charge in [-0.05, 0) is 136 Å². The number of nitrogens with one attached hydrogen (secondary N) is 2. The molecule has 8 aromatic rings. The molecule has 2 heterocycles. The number of hydrogen-bond acceptors (Lipinski definition) is 10. The Hall–Kier alpha value is -8.34. The zero-order valence-corrected chi connectivity index (χ0v) is 54.6. The minimum Gasteiger partial charge on any atom is -0.507 e. The van der Waals surface area contributed by atoms with Crippen LogP contribution in [-0.2, 0) is 56.9 Å². The fourth-order valence-electron chi connectivity index (χ4n) is 11.9. The highest BCUT2D eigenvalue weighted by atomic mass is 79.9. The third-order valence-electron chi connectivity index (χ3n) is 16.9. The molecule has 11 rings (SSSR count). The molecule has 452 valence electrons. The highest BCUT2D eigenvalue weighted by molar-refractivity contribution is 9.11. The first-order valence-electron chi connectivity index (χ1n) is 29.3. The summed E-state index contributed by atoms with van der Waals surface area (Å²) in [4.78, 5) is 84.8. The molecule has 6 amide bonds. The van der Waals surface area contributed by atoms with Gasteiger partial charge >= 0.3 is 0 Å². The van der Waals surface area contributed by atoms with Gasteiger partial charge in [-0.1, -0.05) is 188 Å². The molecule has 88 heavy (non-hydrogen) atoms. The van der Waals surface area contributed by atoms with Crippen LogP contribution in [0.2, 0.25) is 0 Å². The molecule has 8 aromatic carbocycles. The van der Waals surface area contributed by atoms with Crippen LogP contribution >= 0.6 is 31.9 Å². The SMILES string of the molecule is CC(C)(C)c1cc2c(O)c(c1)Cc1cc(C(C)(C)C)cc(c1OCC(=O)NN1C(=O)c3cccc4c(Br)ccc(c34)C1=O)Cc1cc(C(C)(C)C)cc(c1O)Cc1cc(C(C)(C)C)cc(c1OCC(=O)NN1C(=O)c3cccc4c(Br)ccc(c34)C1=O)C2. The van der Waals surface area contributed by atoms with Gasteiger partial charge in [-0.2, -0.15) is 10.0 Å². The van der Waals surface area contributed by atoms with Crippen molar-refractivity contribution in [3.05, 3.63) is 207 Å². The monoisotopic (exact) mass is 1310 g/mol. The number of fused-ring (bicyclic) bond motifs is 8. The van der Waals surface area contributed by atoms with Crippen LogP contribution in [0.4, 0.5) is 0 Å². The van der Waals surface area contributed by atoms with Gasteiger partial charge in [0, 0.05) is 45.4 Å². The summed E-state index contributed by atoms with van der Waals surface area (Å²) < 4.78 is 14.9. The van der Waals surface area contributed by atoms with E-state index in [1.54, 1.807) is 48.5 Å². The molecule has 0 aromatic heterocycles. The van der Waals surface area contributed by atoms with Gasteiger partial charge < -0.3 is 19.7 Å². The highest BCUT2D eigenvalue weighted by Gasteiger charge is 2.38. The molecule has 0 radical (unpaired) electrons. The number of hydrogen-bond donors (Lipinski definition) is 4. The van der Waals surface area contributed by atoms with Crippen LogP contribution in [0.3, 0.4) is 0 Å². The number of phenolic OH excluding ortho intramolecular Hbond substituents is 2. The molecular formula is C72H70Br2N4O10. The van der Waals surface area contributed by atoms with Crippen molar-refractivity contribution in [1.29, 1.82) is 0 Å². The minimum absolute atomic E-state index is 0.00416. The van der Waals surface area contributed by atoms with E-state index in [9.17, 15) is 39.0 Å². The van der Waals surface area contributed by atoms with Crippen molar-refractivity contribution in [3.8, 4) is 23.0 Å². The summed E-state index contributed by atoms with van der Waals surface area (Å²) in [7, 11) is 0. The normalized spacial score (nSPS) is 14.4. The zero-order valence-electron chi connectivity index (χ0n) is 51.4. The molecule has 0 atom stereocenters. The Morgan fingerprint density at radius 1 is 0.420 bits per heavy atom. The highest BCUT2D eigenvalue weighted by Crippen LogP contribution is 2.45. The number of ether oxygens (including phenoxy) is 2. The molecular weight excluding hydrogens is 1240 g/mol. The molecule has 3 aliphatic rings. The second-order valence-electron chi connectivity index (χ2n) is 27.4. The van der Waals surface area contributed by atoms with Crippen molar-refractivity contribution in [2.24, 2.45) is 0 Å². The van der Waals surface area contributed by atoms with E-state index in [4.69, 9.17) is 9.47 Å². The molecule has 16 heteroatoms. The number of hydrazine groups is 2. The van der Waals surface area contributed by atoms with E-state index in [0.29, 0.717) is 86.5 Å². The summed E-state index contributed by atoms with van der Waals surface area (Å²) in [5, 5.41) is 29.6. The molecule has 0 saturated carbocycles. The molecule has 1 aliphatic carbocycles. The summed E-state index contributed by atoms with van der Waals surface area (Å²) in [6, 6.07) is 33.0. The van der Waals surface area contributed by atoms with Crippen LogP contribution in [-0.4, -0.2) is 68.9 Å². The van der Waals surface area contributed by atoms with Crippen molar-refractivity contribution in [2.45, 2.75) is 130 Å². The quantitative estimate of drug-likeness (QED) is 0.106. The number of nitrogens with zero attached hydrogens (tertiary/aromatic N) is 2. The number of halogens is 2. The minimum atomic E-state index is -0.773. The third kappa shape index (κ3) is 11.4. The number of amides is 6. The van der Waals surface area contributed by atoms with E-state index in [1.165, 1.54) is 0 Å². The summed E-state index contributed by atoms with van der Waals surface area (Å²) in [6.07, 6.45) is 0.430. The largest absolute Gasteiger partial charge is 0.507 e. The number of rotatable bonds is 8. The van der Waals surface area contributed by atoms with E-state index >= 15 is 0 Å². The standard InChI is InChI=1S/C72H70Br2N4O10/c1-69(2,3)45-27-37-23-41-31-47(71(7,8)9)33-43(63(41)87-35-57(79)75-77-65(83)51-17-13-15-49-55(73)21-19-53(59(49)51)67(77)85)25-39-29-46(70(4,5)6)30-40(62(39)82)26-44-34-48(72(10,11)12)32-42(24-38(28-45)61(37)81)64(44)88-36-58(80)76-78-66(84)52-18-14-16-50-56(74)22-20-54(60(50)52)68(78)86/h13-22,27-34,81-82H,23-26,35-36H2,1-12H3,(H,75,79)(H,76,80). The van der Waals surface area contributed by atoms with Gasteiger partial charge in [0.05, 0.1) is 22.3 Å². The van der Waals surface area contributed by atoms with Crippen LogP contribution in [0.1, 0.15) is 191 Å². The van der Waals surface area contributed by atoms with Gasteiger partial charge in [-0.25, -0.2) is 0 Å². The van der Waals surface area contributed by atoms with E-state index in [2.05, 4.69) is 126 Å². The second kappa shape index (κ2) is 22.4. The molecule has 0 unspecified atom stereocenters. The second-order valence-corrected chi connectivity index (χ2v) is 29.1. The van der Waals surface area contributed by atoms with E-state index in [-0.39, 0.29) is 59.4 Å². The van der Waals surface area contributed by atoms with E-state index in [0.717, 1.165) is 32.3 Å². The Kier molecular flexibility index (Phi) is 15.6. The third-order valence-corrected chi connectivity index (χ3v) is 18.3. The maximum Gasteiger partial charge on any atom is 0.280 e. The Bertz CT molecular complexity index is 3930. The average Bonchev–Trinajstić information content (AvgIpc) is 0.905. The number of aromatic hydroxyl groups is 2. The number of imide groups is 2. The lowest BCUT2D eigenvalue weighted by atomic mass is 9.79. The predicted octanol–water partition coefficient (Wildman–Crippen LogP) is 14.2. The molecule has 0 fully saturated rings. The molecule has 8 bridgehead atoms. The topological polar surface area (TPSA) is 192 Å². The van der Waals surface area contributed by atoms with Crippen LogP contribution in [0.15, 0.2) is 118 Å². The van der Waals surface area contributed by atoms with Crippen molar-refractivity contribution in [3.63, 3.8) is 0 Å². The van der Waals surface area contributed by atoms with Gasteiger partial charge in [0.2, 0.25) is 0 Å². The van der Waals surface area contributed by atoms with Crippen LogP contribution in [0.25, 0.3) is 21.5 Å². The fourth-order valence-corrected chi connectivity index (χ4v) is 12.9. The lowest BCUT2D eigenvalue weighted by Crippen LogP contribution is -2.52. The number of phenols is 2. The van der Waals surface area contributed by atoms with Crippen LogP contribution in [0.5, 0.6) is 23.0 Å². The Balaban J connectivity index is 1.03. The van der Waals surface area contributed by atoms with Gasteiger partial charge in [-0.15, -0.1) is 0 Å². The number of carbonyl (C=O) groups excluding carboxylic acids is 6. The molecule has 0 spiro atoms. The lowest BCUT2D eigenvalue weighted by Gasteiger charge is -2.29. The van der Waals surface area contributed by atoms with Crippen molar-refractivity contribution >= 4 is 88.8 Å². The summed E-state index contributed by atoms with van der Waals surface area (Å²) >= 11 is 7.08. The molecule has 4 N–H and O–H groups in total. The summed E-state index contributed by atoms with van der Waals surface area (Å²) in [6.45, 7) is 23.9. The van der Waals surface area contributed by atoms with Crippen molar-refractivity contribution in [1.82, 2.24) is 20.9 Å². The van der Waals surface area contributed by atoms with Gasteiger partial charge in [0.1, 0.15) is 23.0 Å². The summed E-state index contributed by atoms with van der Waals surface area (Å²) in [5.74, 6) is -3.66. The lowest BCUT2D eigenvalue weighted by molar-refractivity contribution is -0.126. The summed E-state index contributed by atoms with van der Waals surface area (Å²) in [5.41, 5.74) is 12.8. The van der Waals surface area contributed by atoms with E-state index in [1.807, 2.05) is 60.7 Å². The molecule has 2 aliphatic heterocycles. The van der Waals surface area contributed by atoms with Gasteiger partial charge in [0.15, 0.2) is 13.2 Å². The van der Waals surface area contributed by atoms with Crippen LogP contribution < -0.4 is 20.3 Å². The number of benzene rings is 8. The van der Waals surface area contributed by atoms with Crippen LogP contribution in [0, 0.1) is 0 Å². The maximum absolute atomic E-state index is 14.3. The number of carbonyl (C=O) groups is 6. The Morgan fingerprint density at radius 3 is 0.955 bits per heavy atom. The first kappa shape index (κ1) is 61.3. The van der Waals surface area contributed by atoms with E-state index < -0.39 is 70.3 Å². The predicted molar refractivity (Wildman–Crippen MR) is 347 cm³/mol. The first-order chi connectivity index (χ1) is 41.3. The Morgan fingerprint density at radius 2 is 0.682 bits per heavy atom. The van der Waals surface area contributed by atoms with Crippen molar-refractivity contribution in [2.75, 3.05) is 13.2 Å². The average molecular weight is 1310 g/mol. The van der Waals surface area contributed by atoms with Gasteiger partial charge in [0.25, 0.3) is 35.4 Å². The van der Waals surface area contributed by atoms with Crippen molar-refractivity contribution < 1.29 is 48.5 Å². The fraction of sp³-hybridized carbons (Fsp3) is 0.306. The molecule has 0 saturated heterocycles. The first-order valence-corrected chi connectivity index (χ1v) is 30.9. The van der Waals surface area contributed by atoms with Gasteiger partial charge in [-0.3, -0.25) is 39.6 Å². The maximum atomic E-state index is 14.3. The smallest absolute Gasteiger partial charge is 0.280 e.